The van der Waals surface area contributed by atoms with Crippen molar-refractivity contribution in [2.45, 2.75) is 20.4 Å². The van der Waals surface area contributed by atoms with E-state index in [0.29, 0.717) is 18.0 Å². The summed E-state index contributed by atoms with van der Waals surface area (Å²) in [6.45, 7) is 4.36. The first-order chi connectivity index (χ1) is 9.60. The highest BCUT2D eigenvalue weighted by atomic mass is 16.5. The highest BCUT2D eigenvalue weighted by Gasteiger charge is 2.09. The standard InChI is InChI=1S/C16H18N2O2/c1-11-4-5-12(2)14(8-11)16(19)18-10-13-6-7-17-15(9-13)20-3/h4-9H,10H2,1-3H3,(H,18,19). The van der Waals surface area contributed by atoms with Crippen LogP contribution in [0.4, 0.5) is 0 Å². The number of carbonyl (C=O) groups is 1. The fourth-order valence-electron chi connectivity index (χ4n) is 1.93. The zero-order chi connectivity index (χ0) is 14.5. The van der Waals surface area contributed by atoms with E-state index < -0.39 is 0 Å². The number of hydrogen-bond donors (Lipinski definition) is 1. The van der Waals surface area contributed by atoms with Gasteiger partial charge in [0.1, 0.15) is 0 Å². The van der Waals surface area contributed by atoms with Gasteiger partial charge in [0.05, 0.1) is 7.11 Å². The molecule has 2 aromatic rings. The van der Waals surface area contributed by atoms with Crippen molar-refractivity contribution >= 4 is 5.91 Å². The zero-order valence-electron chi connectivity index (χ0n) is 11.9. The molecule has 0 unspecified atom stereocenters. The Labute approximate surface area is 118 Å². The highest BCUT2D eigenvalue weighted by molar-refractivity contribution is 5.95. The molecule has 1 aromatic heterocycles. The lowest BCUT2D eigenvalue weighted by Crippen LogP contribution is -2.23. The second kappa shape index (κ2) is 6.19. The Morgan fingerprint density at radius 3 is 2.80 bits per heavy atom. The highest BCUT2D eigenvalue weighted by Crippen LogP contribution is 2.12. The fourth-order valence-corrected chi connectivity index (χ4v) is 1.93. The Bertz CT molecular complexity index is 624. The van der Waals surface area contributed by atoms with Gasteiger partial charge in [-0.15, -0.1) is 0 Å². The van der Waals surface area contributed by atoms with Gasteiger partial charge < -0.3 is 10.1 Å². The molecule has 0 bridgehead atoms. The minimum atomic E-state index is -0.0676. The summed E-state index contributed by atoms with van der Waals surface area (Å²) in [6, 6.07) is 9.52. The molecule has 1 N–H and O–H groups in total. The average Bonchev–Trinajstić information content (AvgIpc) is 2.47. The third-order valence-electron chi connectivity index (χ3n) is 3.10. The van der Waals surface area contributed by atoms with Crippen LogP contribution in [-0.4, -0.2) is 18.0 Å². The molecule has 0 aliphatic carbocycles. The van der Waals surface area contributed by atoms with Gasteiger partial charge in [0.15, 0.2) is 0 Å². The normalized spacial score (nSPS) is 10.2. The van der Waals surface area contributed by atoms with Crippen molar-refractivity contribution in [1.29, 1.82) is 0 Å². The molecule has 2 rings (SSSR count). The van der Waals surface area contributed by atoms with Crippen molar-refractivity contribution in [2.75, 3.05) is 7.11 Å². The summed E-state index contributed by atoms with van der Waals surface area (Å²) in [7, 11) is 1.57. The van der Waals surface area contributed by atoms with Gasteiger partial charge in [-0.2, -0.15) is 0 Å². The van der Waals surface area contributed by atoms with Crippen molar-refractivity contribution in [1.82, 2.24) is 10.3 Å². The number of benzene rings is 1. The molecule has 0 fully saturated rings. The largest absolute Gasteiger partial charge is 0.481 e. The van der Waals surface area contributed by atoms with Crippen molar-refractivity contribution < 1.29 is 9.53 Å². The van der Waals surface area contributed by atoms with Crippen LogP contribution >= 0.6 is 0 Å². The van der Waals surface area contributed by atoms with E-state index in [9.17, 15) is 4.79 Å². The van der Waals surface area contributed by atoms with Crippen LogP contribution in [0.5, 0.6) is 5.88 Å². The number of carbonyl (C=O) groups excluding carboxylic acids is 1. The van der Waals surface area contributed by atoms with E-state index in [1.165, 1.54) is 0 Å². The number of nitrogens with zero attached hydrogens (tertiary/aromatic N) is 1. The summed E-state index contributed by atoms with van der Waals surface area (Å²) in [4.78, 5) is 16.2. The molecule has 1 amide bonds. The van der Waals surface area contributed by atoms with Crippen LogP contribution in [0, 0.1) is 13.8 Å². The van der Waals surface area contributed by atoms with Gasteiger partial charge in [0.2, 0.25) is 5.88 Å². The van der Waals surface area contributed by atoms with Crippen molar-refractivity contribution in [2.24, 2.45) is 0 Å². The first-order valence-electron chi connectivity index (χ1n) is 6.44. The zero-order valence-corrected chi connectivity index (χ0v) is 11.9. The van der Waals surface area contributed by atoms with E-state index in [1.807, 2.05) is 44.2 Å². The van der Waals surface area contributed by atoms with Gasteiger partial charge in [0.25, 0.3) is 5.91 Å². The molecule has 4 nitrogen and oxygen atoms in total. The van der Waals surface area contributed by atoms with E-state index in [2.05, 4.69) is 10.3 Å². The summed E-state index contributed by atoms with van der Waals surface area (Å²) >= 11 is 0. The predicted molar refractivity (Wildman–Crippen MR) is 77.9 cm³/mol. The summed E-state index contributed by atoms with van der Waals surface area (Å²) in [5, 5.41) is 2.91. The number of ether oxygens (including phenoxy) is 1. The van der Waals surface area contributed by atoms with Crippen molar-refractivity contribution in [3.05, 3.63) is 58.8 Å². The second-order valence-corrected chi connectivity index (χ2v) is 4.71. The van der Waals surface area contributed by atoms with Crippen LogP contribution < -0.4 is 10.1 Å². The van der Waals surface area contributed by atoms with E-state index in [1.54, 1.807) is 13.3 Å². The third kappa shape index (κ3) is 3.35. The summed E-state index contributed by atoms with van der Waals surface area (Å²) in [5.74, 6) is 0.477. The SMILES string of the molecule is COc1cc(CNC(=O)c2cc(C)ccc2C)ccn1. The lowest BCUT2D eigenvalue weighted by molar-refractivity contribution is 0.0950. The first kappa shape index (κ1) is 14.1. The van der Waals surface area contributed by atoms with E-state index in [0.717, 1.165) is 16.7 Å². The monoisotopic (exact) mass is 270 g/mol. The Balaban J connectivity index is 2.06. The molecular formula is C16H18N2O2. The van der Waals surface area contributed by atoms with Gasteiger partial charge in [-0.3, -0.25) is 4.79 Å². The molecule has 4 heteroatoms. The number of hydrogen-bond acceptors (Lipinski definition) is 3. The average molecular weight is 270 g/mol. The smallest absolute Gasteiger partial charge is 0.251 e. The Hall–Kier alpha value is -2.36. The molecule has 1 aromatic carbocycles. The lowest BCUT2D eigenvalue weighted by Gasteiger charge is -2.09. The number of aryl methyl sites for hydroxylation is 2. The van der Waals surface area contributed by atoms with Crippen LogP contribution in [0.2, 0.25) is 0 Å². The predicted octanol–water partition coefficient (Wildman–Crippen LogP) is 2.64. The van der Waals surface area contributed by atoms with Crippen LogP contribution in [0.3, 0.4) is 0 Å². The van der Waals surface area contributed by atoms with Crippen LogP contribution in [0.25, 0.3) is 0 Å². The quantitative estimate of drug-likeness (QED) is 0.929. The topological polar surface area (TPSA) is 51.2 Å². The maximum atomic E-state index is 12.2. The van der Waals surface area contributed by atoms with E-state index >= 15 is 0 Å². The first-order valence-corrected chi connectivity index (χ1v) is 6.44. The molecule has 0 radical (unpaired) electrons. The maximum absolute atomic E-state index is 12.2. The summed E-state index contributed by atoms with van der Waals surface area (Å²) in [5.41, 5.74) is 3.72. The molecule has 0 atom stereocenters. The summed E-state index contributed by atoms with van der Waals surface area (Å²) < 4.78 is 5.06. The molecule has 1 heterocycles. The molecule has 0 saturated heterocycles. The van der Waals surface area contributed by atoms with Crippen LogP contribution in [-0.2, 0) is 6.54 Å². The minimum absolute atomic E-state index is 0.0676. The maximum Gasteiger partial charge on any atom is 0.251 e. The Kier molecular flexibility index (Phi) is 4.35. The van der Waals surface area contributed by atoms with Crippen LogP contribution in [0.1, 0.15) is 27.0 Å². The molecule has 20 heavy (non-hydrogen) atoms. The lowest BCUT2D eigenvalue weighted by atomic mass is 10.1. The molecule has 0 aliphatic rings. The van der Waals surface area contributed by atoms with Gasteiger partial charge in [-0.25, -0.2) is 4.98 Å². The molecule has 0 spiro atoms. The third-order valence-corrected chi connectivity index (χ3v) is 3.10. The number of aromatic nitrogens is 1. The van der Waals surface area contributed by atoms with Gasteiger partial charge in [0, 0.05) is 24.4 Å². The molecule has 104 valence electrons. The number of methoxy groups -OCH3 is 1. The second-order valence-electron chi connectivity index (χ2n) is 4.71. The van der Waals surface area contributed by atoms with Gasteiger partial charge in [-0.1, -0.05) is 17.7 Å². The van der Waals surface area contributed by atoms with E-state index in [-0.39, 0.29) is 5.91 Å². The fraction of sp³-hybridized carbons (Fsp3) is 0.250. The Morgan fingerprint density at radius 1 is 1.25 bits per heavy atom. The molecule has 0 aliphatic heterocycles. The van der Waals surface area contributed by atoms with Crippen molar-refractivity contribution in [3.8, 4) is 5.88 Å². The molecular weight excluding hydrogens is 252 g/mol. The number of nitrogens with one attached hydrogen (secondary N) is 1. The molecule has 0 saturated carbocycles. The number of amides is 1. The van der Waals surface area contributed by atoms with E-state index in [4.69, 9.17) is 4.74 Å². The van der Waals surface area contributed by atoms with Gasteiger partial charge in [-0.05, 0) is 37.1 Å². The van der Waals surface area contributed by atoms with Crippen molar-refractivity contribution in [3.63, 3.8) is 0 Å². The Morgan fingerprint density at radius 2 is 2.05 bits per heavy atom. The summed E-state index contributed by atoms with van der Waals surface area (Å²) in [6.07, 6.45) is 1.66. The van der Waals surface area contributed by atoms with Crippen LogP contribution in [0.15, 0.2) is 36.5 Å². The number of pyridine rings is 1. The number of rotatable bonds is 4. The minimum Gasteiger partial charge on any atom is -0.481 e. The van der Waals surface area contributed by atoms with Gasteiger partial charge >= 0.3 is 0 Å².